The van der Waals surface area contributed by atoms with Gasteiger partial charge in [-0.25, -0.2) is 4.98 Å². The summed E-state index contributed by atoms with van der Waals surface area (Å²) in [7, 11) is 6.59. The van der Waals surface area contributed by atoms with Gasteiger partial charge in [-0.2, -0.15) is 0 Å². The van der Waals surface area contributed by atoms with Crippen LogP contribution in [-0.2, 0) is 66.7 Å². The highest BCUT2D eigenvalue weighted by atomic mass is 33.1. The van der Waals surface area contributed by atoms with Gasteiger partial charge in [0.1, 0.15) is 49.2 Å². The molecule has 4 unspecified atom stereocenters. The molecular weight excluding hydrogens is 1040 g/mol. The van der Waals surface area contributed by atoms with E-state index >= 15 is 0 Å². The van der Waals surface area contributed by atoms with E-state index in [0.29, 0.717) is 31.6 Å². The SMILES string of the molecule is CCCCOC(=O)C(C)(CC(C)(CCC(C)(CC)C(=O)OCCOCCOCCO[C@@H]1O[C@H](CO)[C@H](O)[C@H](O)[C@H]1NC(C)=O)C(=O)OCCN(C)C)CC(CCC)(CC(C)(C)C(=O)OCCSSc1ccccn1)C(=O)O. The van der Waals surface area contributed by atoms with Gasteiger partial charge < -0.3 is 68.5 Å². The van der Waals surface area contributed by atoms with Gasteiger partial charge >= 0.3 is 29.8 Å². The van der Waals surface area contributed by atoms with E-state index in [-0.39, 0.29) is 98.0 Å². The number of aliphatic carboxylic acids is 1. The molecule has 9 atom stereocenters. The lowest BCUT2D eigenvalue weighted by molar-refractivity contribution is -0.272. The maximum absolute atomic E-state index is 14.6. The van der Waals surface area contributed by atoms with Crippen LogP contribution in [0.1, 0.15) is 127 Å². The summed E-state index contributed by atoms with van der Waals surface area (Å²) in [6, 6.07) is 4.50. The minimum absolute atomic E-state index is 0.0171. The Morgan fingerprint density at radius 2 is 1.31 bits per heavy atom. The summed E-state index contributed by atoms with van der Waals surface area (Å²) in [4.78, 5) is 88.3. The maximum atomic E-state index is 14.6. The number of ether oxygens (including phenoxy) is 8. The number of unbranched alkanes of at least 4 members (excludes halogenated alkanes) is 1. The molecule has 442 valence electrons. The van der Waals surface area contributed by atoms with Crippen LogP contribution >= 0.6 is 21.6 Å². The predicted octanol–water partition coefficient (Wildman–Crippen LogP) is 5.63. The van der Waals surface area contributed by atoms with Gasteiger partial charge in [-0.3, -0.25) is 28.8 Å². The van der Waals surface area contributed by atoms with Crippen LogP contribution in [0.25, 0.3) is 0 Å². The van der Waals surface area contributed by atoms with Crippen molar-refractivity contribution in [2.45, 2.75) is 162 Å². The summed E-state index contributed by atoms with van der Waals surface area (Å²) in [5, 5.41) is 44.7. The van der Waals surface area contributed by atoms with Gasteiger partial charge in [-0.05, 0) is 123 Å². The minimum Gasteiger partial charge on any atom is -0.481 e. The number of rotatable bonds is 40. The second kappa shape index (κ2) is 34.5. The normalized spacial score (nSPS) is 20.9. The summed E-state index contributed by atoms with van der Waals surface area (Å²) in [5.41, 5.74) is -7.11. The zero-order valence-electron chi connectivity index (χ0n) is 47.5. The number of nitrogens with zero attached hydrogens (tertiary/aromatic N) is 2. The Morgan fingerprint density at radius 1 is 0.714 bits per heavy atom. The number of carboxylic acid groups (broad SMARTS) is 1. The monoisotopic (exact) mass is 1130 g/mol. The predicted molar refractivity (Wildman–Crippen MR) is 289 cm³/mol. The van der Waals surface area contributed by atoms with Crippen LogP contribution in [0.15, 0.2) is 29.4 Å². The molecule has 0 bridgehead atoms. The zero-order chi connectivity index (χ0) is 57.9. The molecule has 0 aromatic carbocycles. The third-order valence-corrected chi connectivity index (χ3v) is 16.0. The van der Waals surface area contributed by atoms with Gasteiger partial charge in [-0.1, -0.05) is 50.5 Å². The van der Waals surface area contributed by atoms with Crippen LogP contribution < -0.4 is 5.32 Å². The first-order valence-electron chi connectivity index (χ1n) is 26.7. The number of likely N-dealkylation sites (N-methyl/N-ethyl adjacent to an activating group) is 1. The van der Waals surface area contributed by atoms with Crippen molar-refractivity contribution in [1.29, 1.82) is 0 Å². The zero-order valence-corrected chi connectivity index (χ0v) is 49.1. The van der Waals surface area contributed by atoms with Crippen LogP contribution in [0.3, 0.4) is 0 Å². The molecule has 1 aromatic rings. The van der Waals surface area contributed by atoms with Crippen molar-refractivity contribution in [3.63, 3.8) is 0 Å². The molecule has 1 aromatic heterocycles. The molecule has 1 fully saturated rings. The molecule has 2 rings (SSSR count). The van der Waals surface area contributed by atoms with Gasteiger partial charge in [0.05, 0.1) is 73.3 Å². The van der Waals surface area contributed by atoms with Crippen LogP contribution in [0.4, 0.5) is 0 Å². The first-order chi connectivity index (χ1) is 36.3. The highest BCUT2D eigenvalue weighted by Gasteiger charge is 2.55. The van der Waals surface area contributed by atoms with Crippen molar-refractivity contribution >= 4 is 57.3 Å². The standard InChI is InChI=1S/C54H91N3O18S2/c1-12-15-24-71-49(67)53(9,37-54(19-13-2,45(62)63)35-50(5,6)46(64)74-32-33-76-77-40-18-16-17-22-55-40)36-52(8,48(66)72-25-23-57(10)11)21-20-51(7,14-3)47(65)73-31-29-69-27-26-68-28-30-70-44-41(56-38(4)59)43(61)42(60)39(34-58)75-44/h16-18,22,39,41-44,58,60-61H,12-15,19-21,23-37H2,1-11H3,(H,56,59)(H,62,63)/t39-,41-,42+,43-,44-,51?,52?,53?,54?/m1/s1. The molecule has 0 spiro atoms. The highest BCUT2D eigenvalue weighted by molar-refractivity contribution is 8.76. The second-order valence-electron chi connectivity index (χ2n) is 21.6. The average Bonchev–Trinajstić information content (AvgIpc) is 3.37. The molecule has 21 nitrogen and oxygen atoms in total. The van der Waals surface area contributed by atoms with Crippen molar-refractivity contribution < 1.29 is 87.1 Å². The molecule has 1 aliphatic rings. The van der Waals surface area contributed by atoms with E-state index in [2.05, 4.69) is 10.3 Å². The Kier molecular flexibility index (Phi) is 31.1. The van der Waals surface area contributed by atoms with Crippen LogP contribution in [0, 0.1) is 27.1 Å². The molecule has 0 radical (unpaired) electrons. The number of hydrogen-bond acceptors (Lipinski definition) is 21. The number of aromatic nitrogens is 1. The van der Waals surface area contributed by atoms with E-state index in [1.165, 1.54) is 28.5 Å². The number of carbonyl (C=O) groups is 6. The fourth-order valence-corrected chi connectivity index (χ4v) is 11.0. The molecule has 1 saturated heterocycles. The molecule has 23 heteroatoms. The van der Waals surface area contributed by atoms with E-state index in [0.717, 1.165) is 11.4 Å². The lowest BCUT2D eigenvalue weighted by Crippen LogP contribution is -2.64. The lowest BCUT2D eigenvalue weighted by atomic mass is 9.59. The molecule has 5 N–H and O–H groups in total. The summed E-state index contributed by atoms with van der Waals surface area (Å²) < 4.78 is 45.6. The molecule has 1 amide bonds. The molecule has 77 heavy (non-hydrogen) atoms. The largest absolute Gasteiger partial charge is 0.481 e. The third kappa shape index (κ3) is 23.2. The second-order valence-corrected chi connectivity index (χ2v) is 24.0. The van der Waals surface area contributed by atoms with Crippen LogP contribution in [-0.4, -0.2) is 189 Å². The van der Waals surface area contributed by atoms with Crippen molar-refractivity contribution in [2.24, 2.45) is 27.1 Å². The number of pyridine rings is 1. The number of amides is 1. The van der Waals surface area contributed by atoms with Gasteiger partial charge in [0.15, 0.2) is 6.29 Å². The highest BCUT2D eigenvalue weighted by Crippen LogP contribution is 2.52. The Morgan fingerprint density at radius 3 is 1.90 bits per heavy atom. The summed E-state index contributed by atoms with van der Waals surface area (Å²) in [5.74, 6) is -3.61. The lowest BCUT2D eigenvalue weighted by Gasteiger charge is -2.44. The van der Waals surface area contributed by atoms with Gasteiger partial charge in [0, 0.05) is 25.4 Å². The number of carboxylic acids is 1. The number of nitrogens with one attached hydrogen (secondary N) is 1. The number of carbonyl (C=O) groups excluding carboxylic acids is 5. The first-order valence-corrected chi connectivity index (χ1v) is 29.0. The van der Waals surface area contributed by atoms with Gasteiger partial charge in [0.25, 0.3) is 0 Å². The number of esters is 4. The number of hydrogen-bond donors (Lipinski definition) is 5. The number of aliphatic hydroxyl groups is 3. The maximum Gasteiger partial charge on any atom is 0.311 e. The Bertz CT molecular complexity index is 1950. The van der Waals surface area contributed by atoms with E-state index < -0.39 is 100 Å². The van der Waals surface area contributed by atoms with Crippen molar-refractivity contribution in [3.05, 3.63) is 24.4 Å². The van der Waals surface area contributed by atoms with Crippen molar-refractivity contribution in [3.8, 4) is 0 Å². The Balaban J connectivity index is 2.23. The molecule has 0 aliphatic carbocycles. The molecular formula is C54H91N3O18S2. The van der Waals surface area contributed by atoms with Crippen molar-refractivity contribution in [2.75, 3.05) is 92.5 Å². The van der Waals surface area contributed by atoms with E-state index in [9.17, 15) is 49.2 Å². The average molecular weight is 1130 g/mol. The minimum atomic E-state index is -1.65. The first kappa shape index (κ1) is 69.5. The van der Waals surface area contributed by atoms with E-state index in [1.54, 1.807) is 40.8 Å². The molecule has 0 saturated carbocycles. The fraction of sp³-hybridized carbons (Fsp3) is 0.796. The summed E-state index contributed by atoms with van der Waals surface area (Å²) in [6.45, 7) is 15.5. The quantitative estimate of drug-likeness (QED) is 0.0230. The van der Waals surface area contributed by atoms with E-state index in [1.807, 2.05) is 58.0 Å². The topological polar surface area (TPSA) is 285 Å². The van der Waals surface area contributed by atoms with Gasteiger partial charge in [0.2, 0.25) is 5.91 Å². The third-order valence-electron chi connectivity index (χ3n) is 13.8. The molecule has 2 heterocycles. The Labute approximate surface area is 464 Å². The van der Waals surface area contributed by atoms with E-state index in [4.69, 9.17) is 37.9 Å². The summed E-state index contributed by atoms with van der Waals surface area (Å²) >= 11 is 0. The summed E-state index contributed by atoms with van der Waals surface area (Å²) in [6.07, 6.45) is -1.79. The smallest absolute Gasteiger partial charge is 0.311 e. The van der Waals surface area contributed by atoms with Crippen LogP contribution in [0.2, 0.25) is 0 Å². The van der Waals surface area contributed by atoms with Crippen molar-refractivity contribution in [1.82, 2.24) is 15.2 Å². The van der Waals surface area contributed by atoms with Crippen LogP contribution in [0.5, 0.6) is 0 Å². The Hall–Kier alpha value is -3.65. The van der Waals surface area contributed by atoms with Gasteiger partial charge in [-0.15, -0.1) is 0 Å². The number of aliphatic hydroxyl groups excluding tert-OH is 3. The molecule has 1 aliphatic heterocycles. The fourth-order valence-electron chi connectivity index (χ4n) is 9.31.